The normalized spacial score (nSPS) is 20.5. The Morgan fingerprint density at radius 3 is 2.18 bits per heavy atom. The maximum Gasteiger partial charge on any atom is 0.0328 e. The van der Waals surface area contributed by atoms with Crippen molar-refractivity contribution in [2.75, 3.05) is 20.1 Å². The van der Waals surface area contributed by atoms with Gasteiger partial charge in [-0.05, 0) is 32.9 Å². The molecule has 0 aromatic rings. The Balaban J connectivity index is 2.40. The van der Waals surface area contributed by atoms with Crippen molar-refractivity contribution in [2.45, 2.75) is 76.7 Å². The van der Waals surface area contributed by atoms with Crippen LogP contribution in [0.5, 0.6) is 0 Å². The number of hydrogen-bond acceptors (Lipinski definition) is 2. The van der Waals surface area contributed by atoms with Gasteiger partial charge >= 0.3 is 0 Å². The lowest BCUT2D eigenvalue weighted by Gasteiger charge is -2.41. The third-order valence-electron chi connectivity index (χ3n) is 4.57. The van der Waals surface area contributed by atoms with Crippen LogP contribution in [0.1, 0.15) is 71.1 Å². The van der Waals surface area contributed by atoms with Crippen LogP contribution in [0.4, 0.5) is 0 Å². The molecule has 0 unspecified atom stereocenters. The number of unbranched alkanes of at least 4 members (excludes halogenated alkanes) is 3. The van der Waals surface area contributed by atoms with Gasteiger partial charge in [0.2, 0.25) is 0 Å². The maximum atomic E-state index is 6.10. The smallest absolute Gasteiger partial charge is 0.0328 e. The molecule has 0 spiro atoms. The van der Waals surface area contributed by atoms with E-state index in [0.29, 0.717) is 5.54 Å². The SMILES string of the molecule is CCCCCCN(C)C1(CN)CCCCCC1. The van der Waals surface area contributed by atoms with Crippen LogP contribution < -0.4 is 5.73 Å². The minimum atomic E-state index is 0.322. The molecule has 1 fully saturated rings. The molecule has 0 amide bonds. The van der Waals surface area contributed by atoms with Crippen molar-refractivity contribution in [1.82, 2.24) is 4.90 Å². The molecule has 0 radical (unpaired) electrons. The van der Waals surface area contributed by atoms with E-state index in [2.05, 4.69) is 18.9 Å². The molecule has 102 valence electrons. The van der Waals surface area contributed by atoms with Gasteiger partial charge in [0.05, 0.1) is 0 Å². The molecule has 0 atom stereocenters. The minimum Gasteiger partial charge on any atom is -0.329 e. The average Bonchev–Trinajstić information content (AvgIpc) is 2.60. The number of nitrogens with two attached hydrogens (primary N) is 1. The van der Waals surface area contributed by atoms with Crippen LogP contribution in [0.2, 0.25) is 0 Å². The molecule has 2 nitrogen and oxygen atoms in total. The zero-order valence-electron chi connectivity index (χ0n) is 12.0. The second-order valence-electron chi connectivity index (χ2n) is 5.82. The summed E-state index contributed by atoms with van der Waals surface area (Å²) in [5, 5.41) is 0. The van der Waals surface area contributed by atoms with Gasteiger partial charge in [0.25, 0.3) is 0 Å². The van der Waals surface area contributed by atoms with Gasteiger partial charge in [-0.3, -0.25) is 4.90 Å². The van der Waals surface area contributed by atoms with E-state index in [1.54, 1.807) is 0 Å². The molecule has 0 heterocycles. The number of rotatable bonds is 7. The van der Waals surface area contributed by atoms with Crippen LogP contribution in [-0.2, 0) is 0 Å². The first-order valence-corrected chi connectivity index (χ1v) is 7.66. The Morgan fingerprint density at radius 1 is 1.00 bits per heavy atom. The summed E-state index contributed by atoms with van der Waals surface area (Å²) in [6.07, 6.45) is 13.6. The van der Waals surface area contributed by atoms with E-state index < -0.39 is 0 Å². The molecular formula is C15H32N2. The van der Waals surface area contributed by atoms with Crippen LogP contribution in [0.25, 0.3) is 0 Å². The lowest BCUT2D eigenvalue weighted by molar-refractivity contribution is 0.105. The second kappa shape index (κ2) is 8.10. The molecule has 2 N–H and O–H groups in total. The van der Waals surface area contributed by atoms with Crippen molar-refractivity contribution in [3.63, 3.8) is 0 Å². The molecule has 17 heavy (non-hydrogen) atoms. The highest BCUT2D eigenvalue weighted by Gasteiger charge is 2.32. The van der Waals surface area contributed by atoms with Gasteiger partial charge in [-0.2, -0.15) is 0 Å². The molecule has 2 heteroatoms. The summed E-state index contributed by atoms with van der Waals surface area (Å²) in [7, 11) is 2.30. The monoisotopic (exact) mass is 240 g/mol. The van der Waals surface area contributed by atoms with Crippen molar-refractivity contribution in [2.24, 2.45) is 5.73 Å². The minimum absolute atomic E-state index is 0.322. The van der Waals surface area contributed by atoms with Crippen LogP contribution >= 0.6 is 0 Å². The average molecular weight is 240 g/mol. The lowest BCUT2D eigenvalue weighted by atomic mass is 9.88. The Kier molecular flexibility index (Phi) is 7.14. The highest BCUT2D eigenvalue weighted by molar-refractivity contribution is 4.91. The Morgan fingerprint density at radius 2 is 1.65 bits per heavy atom. The fourth-order valence-electron chi connectivity index (χ4n) is 3.14. The van der Waals surface area contributed by atoms with E-state index in [1.807, 2.05) is 0 Å². The first kappa shape index (κ1) is 15.0. The largest absolute Gasteiger partial charge is 0.329 e. The van der Waals surface area contributed by atoms with Crippen molar-refractivity contribution in [3.8, 4) is 0 Å². The number of hydrogen-bond donors (Lipinski definition) is 1. The van der Waals surface area contributed by atoms with Gasteiger partial charge in [-0.1, -0.05) is 51.9 Å². The van der Waals surface area contributed by atoms with E-state index in [1.165, 1.54) is 70.8 Å². The van der Waals surface area contributed by atoms with Crippen molar-refractivity contribution in [3.05, 3.63) is 0 Å². The molecule has 1 aliphatic rings. The molecule has 1 rings (SSSR count). The van der Waals surface area contributed by atoms with Crippen molar-refractivity contribution in [1.29, 1.82) is 0 Å². The Labute approximate surface area is 108 Å². The molecule has 0 aromatic carbocycles. The first-order chi connectivity index (χ1) is 8.25. The summed E-state index contributed by atoms with van der Waals surface area (Å²) in [5.41, 5.74) is 6.42. The molecule has 0 aliphatic heterocycles. The van der Waals surface area contributed by atoms with Gasteiger partial charge in [-0.25, -0.2) is 0 Å². The van der Waals surface area contributed by atoms with E-state index in [0.717, 1.165) is 6.54 Å². The van der Waals surface area contributed by atoms with E-state index in [4.69, 9.17) is 5.73 Å². The molecule has 0 aromatic heterocycles. The zero-order valence-corrected chi connectivity index (χ0v) is 12.0. The third kappa shape index (κ3) is 4.59. The van der Waals surface area contributed by atoms with Gasteiger partial charge in [0.15, 0.2) is 0 Å². The quantitative estimate of drug-likeness (QED) is 0.545. The Bertz CT molecular complexity index is 183. The van der Waals surface area contributed by atoms with Crippen LogP contribution in [0.3, 0.4) is 0 Å². The van der Waals surface area contributed by atoms with Gasteiger partial charge in [-0.15, -0.1) is 0 Å². The van der Waals surface area contributed by atoms with Crippen molar-refractivity contribution < 1.29 is 0 Å². The van der Waals surface area contributed by atoms with Gasteiger partial charge in [0, 0.05) is 12.1 Å². The highest BCUT2D eigenvalue weighted by atomic mass is 15.2. The summed E-state index contributed by atoms with van der Waals surface area (Å²) in [6.45, 7) is 4.35. The predicted octanol–water partition coefficient (Wildman–Crippen LogP) is 3.55. The maximum absolute atomic E-state index is 6.10. The molecule has 0 saturated heterocycles. The molecule has 1 aliphatic carbocycles. The number of nitrogens with zero attached hydrogens (tertiary/aromatic N) is 1. The van der Waals surface area contributed by atoms with Crippen LogP contribution in [0, 0.1) is 0 Å². The van der Waals surface area contributed by atoms with Crippen LogP contribution in [-0.4, -0.2) is 30.6 Å². The van der Waals surface area contributed by atoms with E-state index in [-0.39, 0.29) is 0 Å². The fourth-order valence-corrected chi connectivity index (χ4v) is 3.14. The molecule has 1 saturated carbocycles. The van der Waals surface area contributed by atoms with E-state index >= 15 is 0 Å². The highest BCUT2D eigenvalue weighted by Crippen LogP contribution is 2.31. The van der Waals surface area contributed by atoms with Gasteiger partial charge < -0.3 is 5.73 Å². The summed E-state index contributed by atoms with van der Waals surface area (Å²) in [5.74, 6) is 0. The molecular weight excluding hydrogens is 208 g/mol. The topological polar surface area (TPSA) is 29.3 Å². The third-order valence-corrected chi connectivity index (χ3v) is 4.57. The zero-order chi connectivity index (χ0) is 12.6. The fraction of sp³-hybridized carbons (Fsp3) is 1.00. The number of likely N-dealkylation sites (N-methyl/N-ethyl adjacent to an activating group) is 1. The van der Waals surface area contributed by atoms with Crippen molar-refractivity contribution >= 4 is 0 Å². The second-order valence-corrected chi connectivity index (χ2v) is 5.82. The first-order valence-electron chi connectivity index (χ1n) is 7.66. The summed E-state index contributed by atoms with van der Waals surface area (Å²) in [6, 6.07) is 0. The van der Waals surface area contributed by atoms with Crippen LogP contribution in [0.15, 0.2) is 0 Å². The standard InChI is InChI=1S/C15H32N2/c1-3-4-5-10-13-17(2)15(14-16)11-8-6-7-9-12-15/h3-14,16H2,1-2H3. The molecule has 0 bridgehead atoms. The predicted molar refractivity (Wildman–Crippen MR) is 76.3 cm³/mol. The Hall–Kier alpha value is -0.0800. The van der Waals surface area contributed by atoms with Gasteiger partial charge in [0.1, 0.15) is 0 Å². The summed E-state index contributed by atoms with van der Waals surface area (Å²) >= 11 is 0. The summed E-state index contributed by atoms with van der Waals surface area (Å²) in [4.78, 5) is 2.58. The van der Waals surface area contributed by atoms with E-state index in [9.17, 15) is 0 Å². The summed E-state index contributed by atoms with van der Waals surface area (Å²) < 4.78 is 0. The lowest BCUT2D eigenvalue weighted by Crippen LogP contribution is -2.52.